The quantitative estimate of drug-likeness (QED) is 0.491. The molecule has 0 bridgehead atoms. The minimum absolute atomic E-state index is 0.324. The van der Waals surface area contributed by atoms with Gasteiger partial charge in [0.2, 0.25) is 6.10 Å². The van der Waals surface area contributed by atoms with E-state index in [1.54, 1.807) is 36.4 Å². The lowest BCUT2D eigenvalue weighted by Gasteiger charge is -2.44. The molecule has 3 rings (SSSR count). The molecule has 0 N–H and O–H groups in total. The van der Waals surface area contributed by atoms with Gasteiger partial charge in [0.1, 0.15) is 18.1 Å². The predicted molar refractivity (Wildman–Crippen MR) is 76.3 cm³/mol. The van der Waals surface area contributed by atoms with Crippen LogP contribution in [-0.4, -0.2) is 24.3 Å². The summed E-state index contributed by atoms with van der Waals surface area (Å²) < 4.78 is 10.4. The molecule has 112 valence electrons. The Morgan fingerprint density at radius 2 is 2.00 bits per heavy atom. The molecule has 2 aromatic rings. The molecule has 1 aliphatic heterocycles. The number of hydrogen-bond donors (Lipinski definition) is 0. The van der Waals surface area contributed by atoms with E-state index in [4.69, 9.17) is 9.15 Å². The Bertz CT molecular complexity index is 705. The molecule has 2 heterocycles. The fraction of sp³-hybridized carbons (Fsp3) is 0.188. The van der Waals surface area contributed by atoms with Crippen LogP contribution in [0.15, 0.2) is 47.1 Å². The van der Waals surface area contributed by atoms with Gasteiger partial charge < -0.3 is 9.15 Å². The molecular weight excluding hydrogens is 286 g/mol. The lowest BCUT2D eigenvalue weighted by molar-refractivity contribution is -0.161. The third-order valence-corrected chi connectivity index (χ3v) is 3.48. The van der Waals surface area contributed by atoms with Gasteiger partial charge in [0.05, 0.1) is 6.26 Å². The molecule has 1 saturated heterocycles. The van der Waals surface area contributed by atoms with Crippen LogP contribution >= 0.6 is 0 Å². The second-order valence-corrected chi connectivity index (χ2v) is 4.91. The van der Waals surface area contributed by atoms with E-state index in [0.717, 1.165) is 6.29 Å². The highest BCUT2D eigenvalue weighted by Gasteiger charge is 2.53. The number of carbonyl (C=O) groups is 3. The number of hydrogen-bond acceptors (Lipinski definition) is 5. The zero-order valence-corrected chi connectivity index (χ0v) is 11.8. The van der Waals surface area contributed by atoms with E-state index < -0.39 is 18.1 Å². The summed E-state index contributed by atoms with van der Waals surface area (Å²) in [6, 6.07) is 9.50. The lowest BCUT2D eigenvalue weighted by atomic mass is 9.94. The first-order chi connectivity index (χ1) is 10.6. The molecule has 0 aliphatic carbocycles. The second kappa shape index (κ2) is 5.48. The van der Waals surface area contributed by atoms with Crippen molar-refractivity contribution in [3.63, 3.8) is 0 Å². The van der Waals surface area contributed by atoms with Crippen molar-refractivity contribution in [1.82, 2.24) is 0 Å². The van der Waals surface area contributed by atoms with Crippen molar-refractivity contribution in [3.8, 4) is 0 Å². The smallest absolute Gasteiger partial charge is 0.303 e. The molecular formula is C16H13NO5. The molecule has 0 spiro atoms. The van der Waals surface area contributed by atoms with Gasteiger partial charge >= 0.3 is 5.97 Å². The molecule has 6 heteroatoms. The van der Waals surface area contributed by atoms with Crippen LogP contribution in [0.1, 0.15) is 29.1 Å². The maximum Gasteiger partial charge on any atom is 0.303 e. The highest BCUT2D eigenvalue weighted by Crippen LogP contribution is 2.41. The number of amides is 1. The van der Waals surface area contributed by atoms with Crippen LogP contribution < -0.4 is 4.90 Å². The van der Waals surface area contributed by atoms with Gasteiger partial charge in [-0.1, -0.05) is 0 Å². The number of benzene rings is 1. The van der Waals surface area contributed by atoms with Crippen LogP contribution in [-0.2, 0) is 14.3 Å². The van der Waals surface area contributed by atoms with Gasteiger partial charge in [0, 0.05) is 18.2 Å². The number of furan rings is 1. The zero-order chi connectivity index (χ0) is 15.7. The molecule has 2 atom stereocenters. The van der Waals surface area contributed by atoms with E-state index in [1.165, 1.54) is 18.1 Å². The number of nitrogens with zero attached hydrogens (tertiary/aromatic N) is 1. The van der Waals surface area contributed by atoms with E-state index in [0.29, 0.717) is 17.0 Å². The summed E-state index contributed by atoms with van der Waals surface area (Å²) in [5, 5.41) is 0. The number of aldehydes is 1. The molecule has 1 aromatic carbocycles. The first-order valence-corrected chi connectivity index (χ1v) is 6.71. The van der Waals surface area contributed by atoms with Crippen LogP contribution in [0.5, 0.6) is 0 Å². The fourth-order valence-corrected chi connectivity index (χ4v) is 2.49. The van der Waals surface area contributed by atoms with Crippen LogP contribution in [0, 0.1) is 0 Å². The molecule has 2 unspecified atom stereocenters. The van der Waals surface area contributed by atoms with Gasteiger partial charge in [-0.25, -0.2) is 0 Å². The van der Waals surface area contributed by atoms with Crippen molar-refractivity contribution in [1.29, 1.82) is 0 Å². The van der Waals surface area contributed by atoms with Crippen LogP contribution in [0.2, 0.25) is 0 Å². The number of esters is 1. The summed E-state index contributed by atoms with van der Waals surface area (Å²) in [5.41, 5.74) is 1.13. The molecule has 1 fully saturated rings. The van der Waals surface area contributed by atoms with Gasteiger partial charge in [-0.3, -0.25) is 19.3 Å². The topological polar surface area (TPSA) is 76.8 Å². The average Bonchev–Trinajstić information content (AvgIpc) is 3.03. The van der Waals surface area contributed by atoms with Crippen molar-refractivity contribution >= 4 is 23.9 Å². The summed E-state index contributed by atoms with van der Waals surface area (Å²) in [6.45, 7) is 1.26. The SMILES string of the molecule is CC(=O)OC1C(=O)N(c2ccc(C=O)cc2)C1c1ccco1. The van der Waals surface area contributed by atoms with Crippen LogP contribution in [0.4, 0.5) is 5.69 Å². The number of rotatable bonds is 4. The lowest BCUT2D eigenvalue weighted by Crippen LogP contribution is -2.60. The second-order valence-electron chi connectivity index (χ2n) is 4.91. The van der Waals surface area contributed by atoms with E-state index in [1.807, 2.05) is 0 Å². The monoisotopic (exact) mass is 299 g/mol. The van der Waals surface area contributed by atoms with E-state index in [-0.39, 0.29) is 5.91 Å². The highest BCUT2D eigenvalue weighted by atomic mass is 16.6. The van der Waals surface area contributed by atoms with Gasteiger partial charge in [-0.05, 0) is 36.4 Å². The van der Waals surface area contributed by atoms with E-state index >= 15 is 0 Å². The number of β-lactam (4-membered cyclic amide) rings is 1. The Balaban J connectivity index is 1.93. The number of ether oxygens (including phenoxy) is 1. The maximum absolute atomic E-state index is 12.3. The van der Waals surface area contributed by atoms with Gasteiger partial charge in [0.25, 0.3) is 5.91 Å². The summed E-state index contributed by atoms with van der Waals surface area (Å²) >= 11 is 0. The summed E-state index contributed by atoms with van der Waals surface area (Å²) in [7, 11) is 0. The first-order valence-electron chi connectivity index (χ1n) is 6.71. The first kappa shape index (κ1) is 14.1. The Morgan fingerprint density at radius 3 is 2.55 bits per heavy atom. The normalized spacial score (nSPS) is 20.4. The standard InChI is InChI=1S/C16H13NO5/c1-10(19)22-15-14(13-3-2-8-21-13)17(16(15)20)12-6-4-11(9-18)5-7-12/h2-9,14-15H,1H3. The zero-order valence-electron chi connectivity index (χ0n) is 11.8. The van der Waals surface area contributed by atoms with E-state index in [2.05, 4.69) is 0 Å². The van der Waals surface area contributed by atoms with Gasteiger partial charge in [-0.15, -0.1) is 0 Å². The minimum atomic E-state index is -0.894. The van der Waals surface area contributed by atoms with Crippen molar-refractivity contribution in [2.75, 3.05) is 4.90 Å². The van der Waals surface area contributed by atoms with Crippen molar-refractivity contribution in [3.05, 3.63) is 54.0 Å². The molecule has 6 nitrogen and oxygen atoms in total. The molecule has 1 aromatic heterocycles. The molecule has 0 saturated carbocycles. The third-order valence-electron chi connectivity index (χ3n) is 3.48. The highest BCUT2D eigenvalue weighted by molar-refractivity contribution is 6.05. The third kappa shape index (κ3) is 2.28. The Kier molecular flexibility index (Phi) is 3.50. The van der Waals surface area contributed by atoms with Crippen LogP contribution in [0.25, 0.3) is 0 Å². The number of carbonyl (C=O) groups excluding carboxylic acids is 3. The van der Waals surface area contributed by atoms with Gasteiger partial charge in [-0.2, -0.15) is 0 Å². The largest absolute Gasteiger partial charge is 0.467 e. The maximum atomic E-state index is 12.3. The predicted octanol–water partition coefficient (Wildman–Crippen LogP) is 2.11. The summed E-state index contributed by atoms with van der Waals surface area (Å²) in [6.07, 6.45) is 1.33. The van der Waals surface area contributed by atoms with Crippen molar-refractivity contribution in [2.45, 2.75) is 19.1 Å². The van der Waals surface area contributed by atoms with Crippen molar-refractivity contribution < 1.29 is 23.5 Å². The van der Waals surface area contributed by atoms with Gasteiger partial charge in [0.15, 0.2) is 0 Å². The molecule has 1 aliphatic rings. The fourth-order valence-electron chi connectivity index (χ4n) is 2.49. The summed E-state index contributed by atoms with van der Waals surface area (Å²) in [4.78, 5) is 35.7. The number of anilines is 1. The average molecular weight is 299 g/mol. The molecule has 1 amide bonds. The van der Waals surface area contributed by atoms with Crippen molar-refractivity contribution in [2.24, 2.45) is 0 Å². The molecule has 0 radical (unpaired) electrons. The Morgan fingerprint density at radius 1 is 1.27 bits per heavy atom. The minimum Gasteiger partial charge on any atom is -0.467 e. The Labute approximate surface area is 126 Å². The van der Waals surface area contributed by atoms with Crippen LogP contribution in [0.3, 0.4) is 0 Å². The molecule has 22 heavy (non-hydrogen) atoms. The summed E-state index contributed by atoms with van der Waals surface area (Å²) in [5.74, 6) is -0.313. The Hall–Kier alpha value is -2.89. The van der Waals surface area contributed by atoms with E-state index in [9.17, 15) is 14.4 Å².